The molecule has 0 saturated heterocycles. The number of hydrogen-bond acceptors (Lipinski definition) is 5. The van der Waals surface area contributed by atoms with Gasteiger partial charge in [0.15, 0.2) is 5.78 Å². The Morgan fingerprint density at radius 3 is 2.14 bits per heavy atom. The van der Waals surface area contributed by atoms with Gasteiger partial charge in [0.2, 0.25) is 0 Å². The second-order valence-electron chi connectivity index (χ2n) is 4.60. The van der Waals surface area contributed by atoms with E-state index in [-0.39, 0.29) is 17.1 Å². The van der Waals surface area contributed by atoms with Crippen LogP contribution in [0, 0.1) is 6.92 Å². The van der Waals surface area contributed by atoms with E-state index in [1.165, 1.54) is 12.1 Å². The van der Waals surface area contributed by atoms with Gasteiger partial charge < -0.3 is 20.4 Å². The predicted octanol–water partition coefficient (Wildman–Crippen LogP) is 2.71. The lowest BCUT2D eigenvalue weighted by atomic mass is 10.1. The number of carbonyl (C=O) groups is 1. The van der Waals surface area contributed by atoms with Gasteiger partial charge in [-0.2, -0.15) is 0 Å². The highest BCUT2D eigenvalue weighted by Gasteiger charge is 2.15. The number of ketones is 1. The maximum atomic E-state index is 12.0. The maximum absolute atomic E-state index is 12.0. The van der Waals surface area contributed by atoms with Crippen LogP contribution < -0.4 is 0 Å². The van der Waals surface area contributed by atoms with Gasteiger partial charge in [-0.3, -0.25) is 4.79 Å². The van der Waals surface area contributed by atoms with Crippen molar-refractivity contribution in [2.75, 3.05) is 0 Å². The Morgan fingerprint density at radius 1 is 0.952 bits per heavy atom. The number of rotatable bonds is 3. The molecule has 21 heavy (non-hydrogen) atoms. The molecular weight excluding hydrogens is 272 g/mol. The highest BCUT2D eigenvalue weighted by Crippen LogP contribution is 2.32. The Labute approximate surface area is 121 Å². The molecule has 0 fully saturated rings. The quantitative estimate of drug-likeness (QED) is 0.513. The summed E-state index contributed by atoms with van der Waals surface area (Å²) >= 11 is 0. The lowest BCUT2D eigenvalue weighted by Gasteiger charge is -2.04. The molecule has 0 atom stereocenters. The van der Waals surface area contributed by atoms with Gasteiger partial charge in [-0.05, 0) is 30.2 Å². The Hall–Kier alpha value is -2.95. The average Bonchev–Trinajstić information content (AvgIpc) is 2.39. The fourth-order valence-electron chi connectivity index (χ4n) is 1.84. The average molecular weight is 286 g/mol. The number of benzene rings is 2. The second-order valence-corrected chi connectivity index (χ2v) is 4.60. The topological polar surface area (TPSA) is 98.0 Å². The van der Waals surface area contributed by atoms with Crippen LogP contribution in [0.1, 0.15) is 21.5 Å². The molecule has 0 bridgehead atoms. The molecule has 0 unspecified atom stereocenters. The zero-order valence-electron chi connectivity index (χ0n) is 11.2. The minimum Gasteiger partial charge on any atom is -0.508 e. The lowest BCUT2D eigenvalue weighted by Crippen LogP contribution is -1.95. The van der Waals surface area contributed by atoms with Gasteiger partial charge in [-0.15, -0.1) is 0 Å². The molecule has 2 rings (SSSR count). The molecule has 108 valence electrons. The minimum atomic E-state index is -0.620. The van der Waals surface area contributed by atoms with Crippen LogP contribution >= 0.6 is 0 Å². The van der Waals surface area contributed by atoms with Crippen molar-refractivity contribution < 1.29 is 25.2 Å². The first kappa shape index (κ1) is 14.5. The zero-order chi connectivity index (χ0) is 15.6. The van der Waals surface area contributed by atoms with E-state index < -0.39 is 17.3 Å². The second kappa shape index (κ2) is 5.58. The van der Waals surface area contributed by atoms with Gasteiger partial charge in [0.1, 0.15) is 28.6 Å². The molecule has 4 N–H and O–H groups in total. The number of aryl methyl sites for hydroxylation is 1. The summed E-state index contributed by atoms with van der Waals surface area (Å²) in [4.78, 5) is 12.0. The van der Waals surface area contributed by atoms with Crippen molar-refractivity contribution in [3.63, 3.8) is 0 Å². The van der Waals surface area contributed by atoms with Gasteiger partial charge in [0.25, 0.3) is 0 Å². The number of hydrogen-bond donors (Lipinski definition) is 4. The summed E-state index contributed by atoms with van der Waals surface area (Å²) in [7, 11) is 0. The molecule has 2 aromatic rings. The summed E-state index contributed by atoms with van der Waals surface area (Å²) in [5.41, 5.74) is 1.02. The summed E-state index contributed by atoms with van der Waals surface area (Å²) in [6.07, 6.45) is 2.61. The molecule has 0 heterocycles. The van der Waals surface area contributed by atoms with Gasteiger partial charge in [0, 0.05) is 12.1 Å². The van der Waals surface area contributed by atoms with Gasteiger partial charge in [-0.1, -0.05) is 18.2 Å². The summed E-state index contributed by atoms with van der Waals surface area (Å²) in [5.74, 6) is -1.86. The molecular formula is C16H14O5. The minimum absolute atomic E-state index is 0.111. The third-order valence-electron chi connectivity index (χ3n) is 2.99. The van der Waals surface area contributed by atoms with Crippen LogP contribution in [-0.2, 0) is 0 Å². The van der Waals surface area contributed by atoms with Crippen LogP contribution in [0.4, 0.5) is 0 Å². The highest BCUT2D eigenvalue weighted by atomic mass is 16.3. The van der Waals surface area contributed by atoms with Crippen LogP contribution in [0.3, 0.4) is 0 Å². The van der Waals surface area contributed by atoms with Crippen molar-refractivity contribution in [1.29, 1.82) is 0 Å². The molecule has 2 aromatic carbocycles. The molecule has 0 aliphatic carbocycles. The van der Waals surface area contributed by atoms with E-state index in [0.717, 1.165) is 18.2 Å². The molecule has 0 aliphatic rings. The molecule has 0 radical (unpaired) electrons. The third kappa shape index (κ3) is 3.14. The van der Waals surface area contributed by atoms with Crippen LogP contribution in [0.15, 0.2) is 36.4 Å². The smallest absolute Gasteiger partial charge is 0.193 e. The standard InChI is InChI=1S/C16H14O5/c1-9-2-3-10(6-13(9)19)4-5-12(18)16-14(20)7-11(17)8-15(16)21/h2-8,17,19-21H,1H3/b5-4+. The predicted molar refractivity (Wildman–Crippen MR) is 77.6 cm³/mol. The van der Waals surface area contributed by atoms with Crippen molar-refractivity contribution in [1.82, 2.24) is 0 Å². The van der Waals surface area contributed by atoms with E-state index in [1.54, 1.807) is 19.1 Å². The Morgan fingerprint density at radius 2 is 1.57 bits per heavy atom. The zero-order valence-corrected chi connectivity index (χ0v) is 11.2. The molecule has 0 aliphatic heterocycles. The molecule has 5 nitrogen and oxygen atoms in total. The Balaban J connectivity index is 2.29. The molecule has 0 spiro atoms. The molecule has 0 amide bonds. The first-order chi connectivity index (χ1) is 9.88. The van der Waals surface area contributed by atoms with E-state index in [1.807, 2.05) is 0 Å². The van der Waals surface area contributed by atoms with Crippen molar-refractivity contribution in [2.24, 2.45) is 0 Å². The summed E-state index contributed by atoms with van der Waals surface area (Å²) in [6.45, 7) is 1.75. The monoisotopic (exact) mass is 286 g/mol. The van der Waals surface area contributed by atoms with E-state index in [4.69, 9.17) is 0 Å². The molecule has 0 saturated carbocycles. The van der Waals surface area contributed by atoms with Crippen LogP contribution in [0.25, 0.3) is 6.08 Å². The largest absolute Gasteiger partial charge is 0.508 e. The number of phenolic OH excluding ortho intramolecular Hbond substituents is 4. The van der Waals surface area contributed by atoms with E-state index in [9.17, 15) is 25.2 Å². The first-order valence-corrected chi connectivity index (χ1v) is 6.15. The fourth-order valence-corrected chi connectivity index (χ4v) is 1.84. The number of aromatic hydroxyl groups is 4. The van der Waals surface area contributed by atoms with Crippen molar-refractivity contribution in [3.05, 3.63) is 53.1 Å². The number of carbonyl (C=O) groups excluding carboxylic acids is 1. The molecule has 0 aromatic heterocycles. The van der Waals surface area contributed by atoms with Gasteiger partial charge >= 0.3 is 0 Å². The van der Waals surface area contributed by atoms with E-state index in [0.29, 0.717) is 11.1 Å². The van der Waals surface area contributed by atoms with Gasteiger partial charge in [-0.25, -0.2) is 0 Å². The van der Waals surface area contributed by atoms with Gasteiger partial charge in [0.05, 0.1) is 0 Å². The lowest BCUT2D eigenvalue weighted by molar-refractivity contribution is 0.104. The fraction of sp³-hybridized carbons (Fsp3) is 0.0625. The number of phenols is 4. The van der Waals surface area contributed by atoms with Crippen molar-refractivity contribution in [2.45, 2.75) is 6.92 Å². The van der Waals surface area contributed by atoms with Crippen molar-refractivity contribution in [3.8, 4) is 23.0 Å². The first-order valence-electron chi connectivity index (χ1n) is 6.15. The summed E-state index contributed by atoms with van der Waals surface area (Å²) in [6, 6.07) is 6.86. The number of allylic oxidation sites excluding steroid dienone is 1. The van der Waals surface area contributed by atoms with Crippen LogP contribution in [0.5, 0.6) is 23.0 Å². The van der Waals surface area contributed by atoms with E-state index >= 15 is 0 Å². The third-order valence-corrected chi connectivity index (χ3v) is 2.99. The van der Waals surface area contributed by atoms with E-state index in [2.05, 4.69) is 0 Å². The summed E-state index contributed by atoms with van der Waals surface area (Å²) in [5, 5.41) is 38.0. The molecule has 5 heteroatoms. The maximum Gasteiger partial charge on any atom is 0.193 e. The SMILES string of the molecule is Cc1ccc(/C=C/C(=O)c2c(O)cc(O)cc2O)cc1O. The van der Waals surface area contributed by atoms with Crippen molar-refractivity contribution >= 4 is 11.9 Å². The highest BCUT2D eigenvalue weighted by molar-refractivity contribution is 6.10. The Bertz CT molecular complexity index is 708. The summed E-state index contributed by atoms with van der Waals surface area (Å²) < 4.78 is 0. The Kier molecular flexibility index (Phi) is 3.84. The van der Waals surface area contributed by atoms with Crippen LogP contribution in [0.2, 0.25) is 0 Å². The normalized spacial score (nSPS) is 10.9. The van der Waals surface area contributed by atoms with Crippen LogP contribution in [-0.4, -0.2) is 26.2 Å².